The number of likely N-dealkylation sites (tertiary alicyclic amines) is 1. The highest BCUT2D eigenvalue weighted by Gasteiger charge is 2.30. The molecule has 0 aliphatic carbocycles. The normalized spacial score (nSPS) is 23.5. The maximum atomic E-state index is 11.5. The van der Waals surface area contributed by atoms with Crippen molar-refractivity contribution < 1.29 is 9.90 Å². The largest absolute Gasteiger partial charge is 0.478 e. The summed E-state index contributed by atoms with van der Waals surface area (Å²) in [5.74, 6) is -0.824. The van der Waals surface area contributed by atoms with Gasteiger partial charge in [-0.05, 0) is 51.4 Å². The van der Waals surface area contributed by atoms with E-state index in [1.165, 1.54) is 32.4 Å². The lowest BCUT2D eigenvalue weighted by Crippen LogP contribution is -2.41. The van der Waals surface area contributed by atoms with Crippen molar-refractivity contribution in [1.29, 1.82) is 0 Å². The topological polar surface area (TPSA) is 43.8 Å². The number of aromatic carboxylic acids is 1. The van der Waals surface area contributed by atoms with E-state index in [1.54, 1.807) is 6.07 Å². The third-order valence-corrected chi connectivity index (χ3v) is 4.79. The van der Waals surface area contributed by atoms with Crippen molar-refractivity contribution in [2.45, 2.75) is 38.6 Å². The average molecular weight is 288 g/mol. The molecule has 21 heavy (non-hydrogen) atoms. The molecule has 1 unspecified atom stereocenters. The van der Waals surface area contributed by atoms with Gasteiger partial charge in [0.1, 0.15) is 0 Å². The van der Waals surface area contributed by atoms with Crippen LogP contribution in [0.4, 0.5) is 5.69 Å². The number of carboxylic acids is 1. The quantitative estimate of drug-likeness (QED) is 0.929. The summed E-state index contributed by atoms with van der Waals surface area (Å²) in [5.41, 5.74) is 2.32. The number of carbonyl (C=O) groups is 1. The molecule has 114 valence electrons. The fourth-order valence-corrected chi connectivity index (χ4v) is 3.64. The molecule has 2 saturated heterocycles. The summed E-state index contributed by atoms with van der Waals surface area (Å²) in [7, 11) is 0. The number of benzene rings is 1. The van der Waals surface area contributed by atoms with Crippen LogP contribution >= 0.6 is 0 Å². The van der Waals surface area contributed by atoms with Crippen LogP contribution in [0.1, 0.15) is 41.6 Å². The molecule has 1 atom stereocenters. The van der Waals surface area contributed by atoms with Crippen LogP contribution in [-0.2, 0) is 0 Å². The van der Waals surface area contributed by atoms with Crippen LogP contribution in [0.3, 0.4) is 0 Å². The lowest BCUT2D eigenvalue weighted by atomic mass is 10.1. The molecule has 0 amide bonds. The zero-order chi connectivity index (χ0) is 14.8. The summed E-state index contributed by atoms with van der Waals surface area (Å²) in [4.78, 5) is 16.3. The molecular weight excluding hydrogens is 264 g/mol. The van der Waals surface area contributed by atoms with Crippen LogP contribution in [0.5, 0.6) is 0 Å². The van der Waals surface area contributed by atoms with Crippen LogP contribution in [0.15, 0.2) is 18.2 Å². The first kappa shape index (κ1) is 14.4. The van der Waals surface area contributed by atoms with Crippen molar-refractivity contribution in [3.8, 4) is 0 Å². The molecule has 0 radical (unpaired) electrons. The second kappa shape index (κ2) is 6.06. The summed E-state index contributed by atoms with van der Waals surface area (Å²) in [6.45, 7) is 6.28. The molecule has 1 aromatic carbocycles. The second-order valence-electron chi connectivity index (χ2n) is 6.31. The van der Waals surface area contributed by atoms with Gasteiger partial charge in [0.25, 0.3) is 0 Å². The first-order chi connectivity index (χ1) is 10.1. The predicted molar refractivity (Wildman–Crippen MR) is 84.2 cm³/mol. The Bertz CT molecular complexity index is 524. The Morgan fingerprint density at radius 3 is 2.67 bits per heavy atom. The molecule has 4 nitrogen and oxygen atoms in total. The van der Waals surface area contributed by atoms with Crippen LogP contribution < -0.4 is 4.90 Å². The second-order valence-corrected chi connectivity index (χ2v) is 6.31. The van der Waals surface area contributed by atoms with Crippen LogP contribution in [0, 0.1) is 6.92 Å². The highest BCUT2D eigenvalue weighted by atomic mass is 16.4. The van der Waals surface area contributed by atoms with Gasteiger partial charge in [-0.3, -0.25) is 4.90 Å². The molecule has 4 heteroatoms. The van der Waals surface area contributed by atoms with Gasteiger partial charge in [0.05, 0.1) is 11.3 Å². The molecule has 0 spiro atoms. The number of anilines is 1. The number of hydrogen-bond acceptors (Lipinski definition) is 3. The van der Waals surface area contributed by atoms with E-state index >= 15 is 0 Å². The first-order valence-corrected chi connectivity index (χ1v) is 7.98. The van der Waals surface area contributed by atoms with Gasteiger partial charge in [0.2, 0.25) is 0 Å². The third-order valence-electron chi connectivity index (χ3n) is 4.79. The Labute approximate surface area is 126 Å². The standard InChI is InChI=1S/C17H24N2O2/c1-13-5-6-16(15(11-13)17(20)21)19-10-7-14(12-19)18-8-3-2-4-9-18/h5-6,11,14H,2-4,7-10,12H2,1H3,(H,20,21). The fourth-order valence-electron chi connectivity index (χ4n) is 3.64. The van der Waals surface area contributed by atoms with E-state index in [4.69, 9.17) is 0 Å². The molecule has 0 saturated carbocycles. The van der Waals surface area contributed by atoms with Crippen LogP contribution in [0.25, 0.3) is 0 Å². The Hall–Kier alpha value is -1.55. The van der Waals surface area contributed by atoms with Crippen LogP contribution in [-0.4, -0.2) is 48.2 Å². The van der Waals surface area contributed by atoms with Crippen molar-refractivity contribution >= 4 is 11.7 Å². The first-order valence-electron chi connectivity index (χ1n) is 7.98. The monoisotopic (exact) mass is 288 g/mol. The van der Waals surface area contributed by atoms with Crippen molar-refractivity contribution in [2.24, 2.45) is 0 Å². The summed E-state index contributed by atoms with van der Waals surface area (Å²) >= 11 is 0. The Kier molecular flexibility index (Phi) is 4.15. The van der Waals surface area contributed by atoms with E-state index in [-0.39, 0.29) is 0 Å². The van der Waals surface area contributed by atoms with E-state index in [2.05, 4.69) is 9.80 Å². The SMILES string of the molecule is Cc1ccc(N2CCC(N3CCCCC3)C2)c(C(=O)O)c1. The van der Waals surface area contributed by atoms with E-state index in [0.717, 1.165) is 30.8 Å². The predicted octanol–water partition coefficient (Wildman–Crippen LogP) is 2.76. The van der Waals surface area contributed by atoms with Crippen LogP contribution in [0.2, 0.25) is 0 Å². The van der Waals surface area contributed by atoms with Gasteiger partial charge in [-0.25, -0.2) is 4.79 Å². The highest BCUT2D eigenvalue weighted by Crippen LogP contribution is 2.28. The highest BCUT2D eigenvalue weighted by molar-refractivity contribution is 5.94. The third kappa shape index (κ3) is 3.05. The van der Waals surface area contributed by atoms with Crippen molar-refractivity contribution in [3.63, 3.8) is 0 Å². The van der Waals surface area contributed by atoms with Crippen molar-refractivity contribution in [3.05, 3.63) is 29.3 Å². The maximum absolute atomic E-state index is 11.5. The van der Waals surface area contributed by atoms with Gasteiger partial charge in [0.15, 0.2) is 0 Å². The van der Waals surface area contributed by atoms with E-state index in [0.29, 0.717) is 11.6 Å². The molecule has 2 heterocycles. The van der Waals surface area contributed by atoms with Gasteiger partial charge in [0, 0.05) is 19.1 Å². The van der Waals surface area contributed by atoms with Gasteiger partial charge >= 0.3 is 5.97 Å². The number of aryl methyl sites for hydroxylation is 1. The molecular formula is C17H24N2O2. The fraction of sp³-hybridized carbons (Fsp3) is 0.588. The summed E-state index contributed by atoms with van der Waals surface area (Å²) in [5, 5.41) is 9.43. The molecule has 0 bridgehead atoms. The molecule has 3 rings (SSSR count). The number of hydrogen-bond donors (Lipinski definition) is 1. The Balaban J connectivity index is 1.75. The average Bonchev–Trinajstić information content (AvgIpc) is 2.97. The Morgan fingerprint density at radius 1 is 1.19 bits per heavy atom. The number of rotatable bonds is 3. The summed E-state index contributed by atoms with van der Waals surface area (Å²) in [6.07, 6.45) is 5.11. The summed E-state index contributed by atoms with van der Waals surface area (Å²) < 4.78 is 0. The van der Waals surface area contributed by atoms with Gasteiger partial charge in [-0.15, -0.1) is 0 Å². The number of nitrogens with zero attached hydrogens (tertiary/aromatic N) is 2. The van der Waals surface area contributed by atoms with Gasteiger partial charge < -0.3 is 10.0 Å². The van der Waals surface area contributed by atoms with Crippen molar-refractivity contribution in [2.75, 3.05) is 31.1 Å². The van der Waals surface area contributed by atoms with E-state index < -0.39 is 5.97 Å². The van der Waals surface area contributed by atoms with Gasteiger partial charge in [-0.1, -0.05) is 18.1 Å². The molecule has 2 fully saturated rings. The molecule has 2 aliphatic heterocycles. The minimum atomic E-state index is -0.824. The number of piperidine rings is 1. The molecule has 2 aliphatic rings. The molecule has 1 N–H and O–H groups in total. The Morgan fingerprint density at radius 2 is 1.95 bits per heavy atom. The number of carboxylic acid groups (broad SMARTS) is 1. The summed E-state index contributed by atoms with van der Waals surface area (Å²) in [6, 6.07) is 6.35. The smallest absolute Gasteiger partial charge is 0.337 e. The minimum absolute atomic E-state index is 0.439. The zero-order valence-corrected chi connectivity index (χ0v) is 12.7. The van der Waals surface area contributed by atoms with Gasteiger partial charge in [-0.2, -0.15) is 0 Å². The van der Waals surface area contributed by atoms with E-state index in [9.17, 15) is 9.90 Å². The maximum Gasteiger partial charge on any atom is 0.337 e. The minimum Gasteiger partial charge on any atom is -0.478 e. The van der Waals surface area contributed by atoms with E-state index in [1.807, 2.05) is 19.1 Å². The lowest BCUT2D eigenvalue weighted by molar-refractivity contribution is 0.0697. The van der Waals surface area contributed by atoms with Crippen molar-refractivity contribution in [1.82, 2.24) is 4.90 Å². The zero-order valence-electron chi connectivity index (χ0n) is 12.7. The molecule has 1 aromatic rings. The molecule has 0 aromatic heterocycles. The lowest BCUT2D eigenvalue weighted by Gasteiger charge is -2.32.